The Labute approximate surface area is 150 Å². The highest BCUT2D eigenvalue weighted by atomic mass is 32.2. The smallest absolute Gasteiger partial charge is 0.211 e. The quantitative estimate of drug-likeness (QED) is 0.601. The number of nitrogens with two attached hydrogens (primary N) is 1. The molecular formula is C19H26N2O3S. The Morgan fingerprint density at radius 2 is 1.60 bits per heavy atom. The summed E-state index contributed by atoms with van der Waals surface area (Å²) in [5, 5.41) is 0. The van der Waals surface area contributed by atoms with Crippen LogP contribution in [0.2, 0.25) is 0 Å². The minimum absolute atomic E-state index is 0.0625. The van der Waals surface area contributed by atoms with Gasteiger partial charge < -0.3 is 10.5 Å². The lowest BCUT2D eigenvalue weighted by atomic mass is 10.1. The minimum atomic E-state index is -3.30. The Morgan fingerprint density at radius 1 is 0.920 bits per heavy atom. The van der Waals surface area contributed by atoms with Crippen molar-refractivity contribution in [1.29, 1.82) is 0 Å². The van der Waals surface area contributed by atoms with Crippen molar-refractivity contribution in [2.45, 2.75) is 26.0 Å². The molecule has 0 bridgehead atoms. The molecule has 0 spiro atoms. The van der Waals surface area contributed by atoms with E-state index in [1.807, 2.05) is 54.6 Å². The van der Waals surface area contributed by atoms with Gasteiger partial charge in [-0.25, -0.2) is 13.1 Å². The van der Waals surface area contributed by atoms with Crippen LogP contribution in [-0.4, -0.2) is 27.3 Å². The molecule has 2 rings (SSSR count). The molecular weight excluding hydrogens is 336 g/mol. The summed E-state index contributed by atoms with van der Waals surface area (Å²) in [6, 6.07) is 17.6. The van der Waals surface area contributed by atoms with Crippen LogP contribution in [0.15, 0.2) is 54.6 Å². The molecule has 0 radical (unpaired) electrons. The van der Waals surface area contributed by atoms with E-state index < -0.39 is 10.0 Å². The van der Waals surface area contributed by atoms with E-state index in [2.05, 4.69) is 4.72 Å². The summed E-state index contributed by atoms with van der Waals surface area (Å²) in [4.78, 5) is 0. The highest BCUT2D eigenvalue weighted by Gasteiger charge is 2.09. The van der Waals surface area contributed by atoms with E-state index in [4.69, 9.17) is 10.5 Å². The average Bonchev–Trinajstić information content (AvgIpc) is 2.62. The van der Waals surface area contributed by atoms with Crippen LogP contribution >= 0.6 is 0 Å². The molecule has 3 N–H and O–H groups in total. The molecule has 0 saturated heterocycles. The van der Waals surface area contributed by atoms with E-state index in [0.29, 0.717) is 32.7 Å². The van der Waals surface area contributed by atoms with E-state index >= 15 is 0 Å². The van der Waals surface area contributed by atoms with Gasteiger partial charge in [-0.15, -0.1) is 0 Å². The number of benzene rings is 2. The van der Waals surface area contributed by atoms with Crippen molar-refractivity contribution in [3.63, 3.8) is 0 Å². The highest BCUT2D eigenvalue weighted by molar-refractivity contribution is 7.89. The monoisotopic (exact) mass is 362 g/mol. The molecule has 25 heavy (non-hydrogen) atoms. The minimum Gasteiger partial charge on any atom is -0.377 e. The zero-order valence-electron chi connectivity index (χ0n) is 14.4. The SMILES string of the molecule is NCCc1ccc(CNS(=O)(=O)CCCOCc2ccccc2)cc1. The second-order valence-electron chi connectivity index (χ2n) is 5.89. The summed E-state index contributed by atoms with van der Waals surface area (Å²) < 4.78 is 32.2. The first-order chi connectivity index (χ1) is 12.1. The third-order valence-electron chi connectivity index (χ3n) is 3.77. The summed E-state index contributed by atoms with van der Waals surface area (Å²) in [5.74, 6) is 0.0625. The largest absolute Gasteiger partial charge is 0.377 e. The highest BCUT2D eigenvalue weighted by Crippen LogP contribution is 2.06. The number of sulfonamides is 1. The number of rotatable bonds is 11. The lowest BCUT2D eigenvalue weighted by molar-refractivity contribution is 0.122. The van der Waals surface area contributed by atoms with Crippen molar-refractivity contribution in [2.75, 3.05) is 18.9 Å². The van der Waals surface area contributed by atoms with E-state index in [1.165, 1.54) is 0 Å². The van der Waals surface area contributed by atoms with Gasteiger partial charge in [0.1, 0.15) is 0 Å². The Bertz CT molecular complexity index is 716. The second kappa shape index (κ2) is 10.3. The molecule has 0 fully saturated rings. The van der Waals surface area contributed by atoms with Gasteiger partial charge in [-0.3, -0.25) is 0 Å². The van der Waals surface area contributed by atoms with Crippen molar-refractivity contribution < 1.29 is 13.2 Å². The molecule has 0 aliphatic heterocycles. The summed E-state index contributed by atoms with van der Waals surface area (Å²) in [7, 11) is -3.30. The molecule has 5 nitrogen and oxygen atoms in total. The first-order valence-corrected chi connectivity index (χ1v) is 10.1. The molecule has 0 aliphatic rings. The molecule has 0 aliphatic carbocycles. The standard InChI is InChI=1S/C19H26N2O3S/c20-12-11-17-7-9-18(10-8-17)15-21-25(22,23)14-4-13-24-16-19-5-2-1-3-6-19/h1-3,5-10,21H,4,11-16,20H2. The van der Waals surface area contributed by atoms with Crippen LogP contribution in [-0.2, 0) is 34.3 Å². The summed E-state index contributed by atoms with van der Waals surface area (Å²) in [6.45, 7) is 1.83. The van der Waals surface area contributed by atoms with Gasteiger partial charge in [-0.05, 0) is 36.1 Å². The maximum absolute atomic E-state index is 12.0. The van der Waals surface area contributed by atoms with Gasteiger partial charge in [0.15, 0.2) is 0 Å². The van der Waals surface area contributed by atoms with Gasteiger partial charge in [0, 0.05) is 13.2 Å². The Kier molecular flexibility index (Phi) is 8.08. The zero-order valence-corrected chi connectivity index (χ0v) is 15.2. The topological polar surface area (TPSA) is 81.4 Å². The van der Waals surface area contributed by atoms with Crippen LogP contribution in [0.1, 0.15) is 23.1 Å². The van der Waals surface area contributed by atoms with Gasteiger partial charge in [0.2, 0.25) is 10.0 Å². The van der Waals surface area contributed by atoms with Crippen molar-refractivity contribution in [2.24, 2.45) is 5.73 Å². The number of hydrogen-bond acceptors (Lipinski definition) is 4. The first kappa shape index (κ1) is 19.6. The fraction of sp³-hybridized carbons (Fsp3) is 0.368. The van der Waals surface area contributed by atoms with E-state index in [0.717, 1.165) is 23.1 Å². The van der Waals surface area contributed by atoms with E-state index in [9.17, 15) is 8.42 Å². The summed E-state index contributed by atoms with van der Waals surface area (Å²) in [6.07, 6.45) is 1.30. The van der Waals surface area contributed by atoms with E-state index in [-0.39, 0.29) is 5.75 Å². The van der Waals surface area contributed by atoms with Crippen molar-refractivity contribution in [1.82, 2.24) is 4.72 Å². The van der Waals surface area contributed by atoms with Crippen LogP contribution in [0.5, 0.6) is 0 Å². The van der Waals surface area contributed by atoms with Crippen LogP contribution in [0, 0.1) is 0 Å². The van der Waals surface area contributed by atoms with Gasteiger partial charge in [-0.2, -0.15) is 0 Å². The number of hydrogen-bond donors (Lipinski definition) is 2. The van der Waals surface area contributed by atoms with Crippen LogP contribution in [0.25, 0.3) is 0 Å². The maximum atomic E-state index is 12.0. The maximum Gasteiger partial charge on any atom is 0.211 e. The summed E-state index contributed by atoms with van der Waals surface area (Å²) in [5.41, 5.74) is 8.69. The van der Waals surface area contributed by atoms with Crippen LogP contribution in [0.4, 0.5) is 0 Å². The molecule has 0 aromatic heterocycles. The molecule has 136 valence electrons. The predicted molar refractivity (Wildman–Crippen MR) is 101 cm³/mol. The third-order valence-corrected chi connectivity index (χ3v) is 5.18. The average molecular weight is 362 g/mol. The fourth-order valence-electron chi connectivity index (χ4n) is 2.37. The molecule has 2 aromatic carbocycles. The Hall–Kier alpha value is -1.73. The molecule has 0 heterocycles. The van der Waals surface area contributed by atoms with Gasteiger partial charge >= 0.3 is 0 Å². The Morgan fingerprint density at radius 3 is 2.28 bits per heavy atom. The lowest BCUT2D eigenvalue weighted by Crippen LogP contribution is -2.26. The molecule has 6 heteroatoms. The summed E-state index contributed by atoms with van der Waals surface area (Å²) >= 11 is 0. The molecule has 0 amide bonds. The van der Waals surface area contributed by atoms with Crippen molar-refractivity contribution in [3.8, 4) is 0 Å². The van der Waals surface area contributed by atoms with Crippen LogP contribution < -0.4 is 10.5 Å². The van der Waals surface area contributed by atoms with Gasteiger partial charge in [0.05, 0.1) is 12.4 Å². The normalized spacial score (nSPS) is 11.6. The van der Waals surface area contributed by atoms with Crippen molar-refractivity contribution >= 4 is 10.0 Å². The zero-order chi connectivity index (χ0) is 18.0. The molecule has 2 aromatic rings. The molecule has 0 unspecified atom stereocenters. The predicted octanol–water partition coefficient (Wildman–Crippen LogP) is 2.21. The Balaban J connectivity index is 1.65. The van der Waals surface area contributed by atoms with Crippen LogP contribution in [0.3, 0.4) is 0 Å². The molecule has 0 saturated carbocycles. The third kappa shape index (κ3) is 7.79. The number of nitrogens with one attached hydrogen (secondary N) is 1. The van der Waals surface area contributed by atoms with E-state index in [1.54, 1.807) is 0 Å². The van der Waals surface area contributed by atoms with Gasteiger partial charge in [0.25, 0.3) is 0 Å². The van der Waals surface area contributed by atoms with Crippen molar-refractivity contribution in [3.05, 3.63) is 71.3 Å². The second-order valence-corrected chi connectivity index (χ2v) is 7.81. The first-order valence-electron chi connectivity index (χ1n) is 8.46. The fourth-order valence-corrected chi connectivity index (χ4v) is 3.40. The van der Waals surface area contributed by atoms with Gasteiger partial charge in [-0.1, -0.05) is 54.6 Å². The number of ether oxygens (including phenoxy) is 1. The lowest BCUT2D eigenvalue weighted by Gasteiger charge is -2.08. The molecule has 0 atom stereocenters.